The Kier molecular flexibility index (Phi) is 36.4. The molecular weight excluding hydrogens is 1270 g/mol. The molecule has 2 aromatic rings. The maximum absolute atomic E-state index is 14.2. The molecule has 14 atom stereocenters. The van der Waals surface area contributed by atoms with Crippen LogP contribution >= 0.6 is 0 Å². The Bertz CT molecular complexity index is 3010. The number of hydrogen-bond donors (Lipinski definition) is 20. The van der Waals surface area contributed by atoms with Gasteiger partial charge in [-0.1, -0.05) is 106 Å². The summed E-state index contributed by atoms with van der Waals surface area (Å²) < 4.78 is 0. The number of aliphatic hydroxyl groups is 4. The van der Waals surface area contributed by atoms with Gasteiger partial charge in [0.25, 0.3) is 0 Å². The second kappa shape index (κ2) is 42.0. The number of fused-ring (bicyclic) bond motifs is 1. The van der Waals surface area contributed by atoms with Crippen LogP contribution in [0.15, 0.2) is 30.5 Å². The topological polar surface area (TPSA) is 580 Å². The predicted octanol–water partition coefficient (Wildman–Crippen LogP) is -4.54. The monoisotopic (exact) mass is 1370 g/mol. The second-order valence-corrected chi connectivity index (χ2v) is 25.4. The van der Waals surface area contributed by atoms with Gasteiger partial charge in [-0.15, -0.1) is 0 Å². The third-order valence-corrected chi connectivity index (χ3v) is 15.9. The number of benzene rings is 1. The molecule has 1 heterocycles. The molecule has 97 heavy (non-hydrogen) atoms. The Morgan fingerprint density at radius 1 is 0.474 bits per heavy atom. The van der Waals surface area contributed by atoms with Crippen LogP contribution in [-0.2, 0) is 73.5 Å². The van der Waals surface area contributed by atoms with Gasteiger partial charge in [0, 0.05) is 29.9 Å². The Morgan fingerprint density at radius 3 is 1.40 bits per heavy atom. The maximum Gasteiger partial charge on any atom is 0.326 e. The number of carbonyl (C=O) groups excluding carboxylic acids is 13. The van der Waals surface area contributed by atoms with Gasteiger partial charge in [-0.25, -0.2) is 4.79 Å². The van der Waals surface area contributed by atoms with Crippen molar-refractivity contribution in [3.8, 4) is 0 Å². The molecule has 34 nitrogen and oxygen atoms in total. The number of aromatic nitrogens is 1. The summed E-state index contributed by atoms with van der Waals surface area (Å²) in [6, 6.07) is -10.5. The van der Waals surface area contributed by atoms with E-state index in [1.54, 1.807) is 44.3 Å². The highest BCUT2D eigenvalue weighted by molar-refractivity contribution is 6.01. The number of para-hydroxylation sites is 1. The zero-order chi connectivity index (χ0) is 73.6. The van der Waals surface area contributed by atoms with Crippen LogP contribution in [0.2, 0.25) is 0 Å². The van der Waals surface area contributed by atoms with Crippen LogP contribution in [0.3, 0.4) is 0 Å². The first-order chi connectivity index (χ1) is 45.4. The highest BCUT2D eigenvalue weighted by atomic mass is 16.4. The van der Waals surface area contributed by atoms with Gasteiger partial charge in [-0.2, -0.15) is 0 Å². The fraction of sp³-hybridized carbons (Fsp3) is 0.651. The van der Waals surface area contributed by atoms with Crippen molar-refractivity contribution in [3.05, 3.63) is 36.0 Å². The minimum absolute atomic E-state index is 0.162. The minimum Gasteiger partial charge on any atom is -0.480 e. The molecule has 0 unspecified atom stereocenters. The Labute approximate surface area is 562 Å². The normalized spacial score (nSPS) is 15.8. The molecule has 0 spiro atoms. The lowest BCUT2D eigenvalue weighted by Crippen LogP contribution is -2.63. The summed E-state index contributed by atoms with van der Waals surface area (Å²) in [6.07, 6.45) is -2.94. The molecule has 2 rings (SSSR count). The van der Waals surface area contributed by atoms with Crippen molar-refractivity contribution in [2.75, 3.05) is 13.2 Å². The number of aliphatic carboxylic acids is 1. The predicted molar refractivity (Wildman–Crippen MR) is 351 cm³/mol. The zero-order valence-electron chi connectivity index (χ0n) is 56.6. The fourth-order valence-corrected chi connectivity index (χ4v) is 10.2. The van der Waals surface area contributed by atoms with Crippen LogP contribution in [0, 0.1) is 23.7 Å². The number of amides is 13. The van der Waals surface area contributed by atoms with Crippen LogP contribution in [0.5, 0.6) is 0 Å². The molecule has 0 aliphatic carbocycles. The first kappa shape index (κ1) is 84.2. The smallest absolute Gasteiger partial charge is 0.326 e. The van der Waals surface area contributed by atoms with Gasteiger partial charge in [0.05, 0.1) is 50.6 Å². The average Bonchev–Trinajstić information content (AvgIpc) is 1.76. The largest absolute Gasteiger partial charge is 0.480 e. The number of primary amides is 3. The van der Waals surface area contributed by atoms with Gasteiger partial charge in [0.1, 0.15) is 60.4 Å². The van der Waals surface area contributed by atoms with E-state index in [-0.39, 0.29) is 19.4 Å². The van der Waals surface area contributed by atoms with E-state index in [1.807, 2.05) is 0 Å². The molecule has 0 saturated heterocycles. The van der Waals surface area contributed by atoms with Gasteiger partial charge in [0.2, 0.25) is 76.8 Å². The number of carbonyl (C=O) groups is 14. The van der Waals surface area contributed by atoms with Crippen molar-refractivity contribution >= 4 is 93.7 Å². The Hall–Kier alpha value is -8.86. The fourth-order valence-electron chi connectivity index (χ4n) is 10.2. The van der Waals surface area contributed by atoms with Crippen molar-refractivity contribution in [1.82, 2.24) is 58.2 Å². The number of nitrogens with one attached hydrogen (secondary N) is 11. The van der Waals surface area contributed by atoms with E-state index in [0.29, 0.717) is 41.6 Å². The first-order valence-corrected chi connectivity index (χ1v) is 32.5. The Balaban J connectivity index is 2.40. The van der Waals surface area contributed by atoms with Crippen molar-refractivity contribution in [2.24, 2.45) is 46.6 Å². The van der Waals surface area contributed by atoms with Crippen LogP contribution in [0.1, 0.15) is 145 Å². The maximum atomic E-state index is 14.2. The lowest BCUT2D eigenvalue weighted by Gasteiger charge is -2.30. The molecule has 1 aromatic heterocycles. The van der Waals surface area contributed by atoms with E-state index in [9.17, 15) is 92.7 Å². The summed E-state index contributed by atoms with van der Waals surface area (Å²) >= 11 is 0. The van der Waals surface area contributed by atoms with Crippen molar-refractivity contribution in [2.45, 2.75) is 225 Å². The van der Waals surface area contributed by atoms with Gasteiger partial charge in [0.15, 0.2) is 0 Å². The lowest BCUT2D eigenvalue weighted by molar-refractivity contribution is -0.144. The summed E-state index contributed by atoms with van der Waals surface area (Å²) in [5, 5.41) is 76.6. The van der Waals surface area contributed by atoms with Crippen molar-refractivity contribution in [1.29, 1.82) is 0 Å². The second-order valence-electron chi connectivity index (χ2n) is 25.4. The molecule has 34 heteroatoms. The van der Waals surface area contributed by atoms with Gasteiger partial charge < -0.3 is 107 Å². The quantitative estimate of drug-likeness (QED) is 0.0278. The van der Waals surface area contributed by atoms with Crippen LogP contribution in [-0.4, -0.2) is 205 Å². The average molecular weight is 1370 g/mol. The molecule has 0 aliphatic heterocycles. The SMILES string of the molecule is CC[C@@H](C)[C@@H](NC(=O)[C@@H](Cc1c[nH]c2ccccc12)NC(=O)[C@@H](CO)NC(=O)[C@@H](NC(=O)[C@H](C[C@H](O)CCN)NC(=O)[C@@H](CC(N)=O)NC(=O)[C@@H](CC(N)=O)NC(=O)[C@@H](NC(=O)[C@@H](NC(=O)[C@H](CC(N)=O)NC(=O)C[C@H](O)CCCCCC(C)C)C(C)C)C(C)C)[C@H](C)O)C(=O)O. The van der Waals surface area contributed by atoms with E-state index in [0.717, 1.165) is 26.2 Å². The minimum atomic E-state index is -2.06. The lowest BCUT2D eigenvalue weighted by atomic mass is 9.98. The standard InChI is InChI=1S/C63H103N15O19/c1-10-33(8)52(63(96)97)77-56(89)40(22-35-28-68-39-19-15-14-18-38(35)39)70-59(92)45(29-79)74-62(95)53(34(9)80)78-57(90)41(23-37(82)20-21-64)71-54(87)43(26-47(66)84)72-55(88)44(27-48(67)85)73-60(93)50(31(4)5)76-61(94)51(32(6)7)75-58(91)42(25-46(65)83)69-49(86)24-36(81)17-13-11-12-16-30(2)3/h14-15,18-19,28,30-34,36-37,40-45,50-53,68,79-82H,10-13,16-17,20-27,29,64H2,1-9H3,(H2,65,83)(H2,66,84)(H2,67,85)(H,69,86)(H,70,92)(H,71,87)(H,72,88)(H,73,93)(H,74,95)(H,75,91)(H,76,94)(H,77,89)(H,78,90)(H,96,97)/t33-,34+,36-,37-,40-,41+,42+,43-,44-,45-,50+,51+,52-,53+/m1/s1. The molecular formula is C63H103N15O19. The third-order valence-electron chi connectivity index (χ3n) is 15.9. The molecule has 544 valence electrons. The summed E-state index contributed by atoms with van der Waals surface area (Å²) in [6.45, 7) is 13.2. The molecule has 1 aromatic carbocycles. The Morgan fingerprint density at radius 2 is 0.897 bits per heavy atom. The van der Waals surface area contributed by atoms with Gasteiger partial charge >= 0.3 is 5.97 Å². The molecule has 0 saturated carbocycles. The van der Waals surface area contributed by atoms with E-state index in [1.165, 1.54) is 27.7 Å². The molecule has 0 bridgehead atoms. The van der Waals surface area contributed by atoms with Crippen LogP contribution in [0.4, 0.5) is 0 Å². The number of hydrogen-bond acceptors (Lipinski definition) is 19. The van der Waals surface area contributed by atoms with Crippen LogP contribution in [0.25, 0.3) is 10.9 Å². The third kappa shape index (κ3) is 29.6. The number of H-pyrrole nitrogens is 1. The molecule has 13 amide bonds. The number of rotatable bonds is 46. The molecule has 0 aliphatic rings. The highest BCUT2D eigenvalue weighted by Gasteiger charge is 2.39. The van der Waals surface area contributed by atoms with E-state index in [4.69, 9.17) is 22.9 Å². The summed E-state index contributed by atoms with van der Waals surface area (Å²) in [5.41, 5.74) is 23.2. The summed E-state index contributed by atoms with van der Waals surface area (Å²) in [5.74, 6) is -17.7. The number of carboxylic acid groups (broad SMARTS) is 1. The van der Waals surface area contributed by atoms with E-state index in [2.05, 4.69) is 72.0 Å². The number of carboxylic acids is 1. The van der Waals surface area contributed by atoms with Crippen molar-refractivity contribution in [3.63, 3.8) is 0 Å². The van der Waals surface area contributed by atoms with Crippen LogP contribution < -0.4 is 76.1 Å². The zero-order valence-corrected chi connectivity index (χ0v) is 56.6. The molecule has 24 N–H and O–H groups in total. The summed E-state index contributed by atoms with van der Waals surface area (Å²) in [7, 11) is 0. The number of aromatic amines is 1. The molecule has 0 radical (unpaired) electrons. The molecule has 0 fully saturated rings. The van der Waals surface area contributed by atoms with Gasteiger partial charge in [-0.05, 0) is 61.6 Å². The van der Waals surface area contributed by atoms with Gasteiger partial charge in [-0.3, -0.25) is 62.3 Å². The first-order valence-electron chi connectivity index (χ1n) is 32.5. The van der Waals surface area contributed by atoms with E-state index < -0.39 is 218 Å². The number of nitrogens with two attached hydrogens (primary N) is 4. The number of aliphatic hydroxyl groups excluding tert-OH is 4. The number of unbranched alkanes of at least 4 members (excludes halogenated alkanes) is 2. The van der Waals surface area contributed by atoms with Crippen molar-refractivity contribution < 1.29 is 92.7 Å². The summed E-state index contributed by atoms with van der Waals surface area (Å²) in [4.78, 5) is 191. The highest BCUT2D eigenvalue weighted by Crippen LogP contribution is 2.21. The van der Waals surface area contributed by atoms with E-state index >= 15 is 0 Å².